The van der Waals surface area contributed by atoms with Crippen LogP contribution in [0.15, 0.2) is 5.38 Å². The van der Waals surface area contributed by atoms with Gasteiger partial charge in [0.25, 0.3) is 0 Å². The monoisotopic (exact) mass is 242 g/mol. The smallest absolute Gasteiger partial charge is 0.110 e. The van der Waals surface area contributed by atoms with Crippen LogP contribution >= 0.6 is 11.3 Å². The van der Waals surface area contributed by atoms with E-state index in [4.69, 9.17) is 4.74 Å². The Bertz CT molecular complexity index is 301. The van der Waals surface area contributed by atoms with Gasteiger partial charge in [0.1, 0.15) is 5.01 Å². The highest BCUT2D eigenvalue weighted by Crippen LogP contribution is 2.21. The molecule has 1 aromatic rings. The molecule has 0 amide bonds. The summed E-state index contributed by atoms with van der Waals surface area (Å²) in [5.74, 6) is 0. The van der Waals surface area contributed by atoms with Crippen LogP contribution in [0.1, 0.15) is 43.4 Å². The lowest BCUT2D eigenvalue weighted by Crippen LogP contribution is -2.31. The van der Waals surface area contributed by atoms with Gasteiger partial charge >= 0.3 is 0 Å². The van der Waals surface area contributed by atoms with Gasteiger partial charge in [-0.05, 0) is 26.7 Å². The average Bonchev–Trinajstić information content (AvgIpc) is 2.69. The van der Waals surface area contributed by atoms with E-state index in [1.807, 2.05) is 6.92 Å². The molecule has 1 N–H and O–H groups in total. The molecule has 0 fully saturated rings. The number of hydrogen-bond donors (Lipinski definition) is 1. The lowest BCUT2D eigenvalue weighted by molar-refractivity contribution is 0.182. The third-order valence-electron chi connectivity index (χ3n) is 2.58. The van der Waals surface area contributed by atoms with Crippen molar-refractivity contribution in [1.29, 1.82) is 0 Å². The van der Waals surface area contributed by atoms with Crippen LogP contribution in [0.4, 0.5) is 0 Å². The minimum absolute atomic E-state index is 0.380. The lowest BCUT2D eigenvalue weighted by Gasteiger charge is -2.20. The number of hydrogen-bond acceptors (Lipinski definition) is 4. The molecule has 0 radical (unpaired) electrons. The Morgan fingerprint density at radius 3 is 2.81 bits per heavy atom. The van der Waals surface area contributed by atoms with Crippen molar-refractivity contribution in [3.63, 3.8) is 0 Å². The molecule has 1 rings (SSSR count). The van der Waals surface area contributed by atoms with E-state index < -0.39 is 0 Å². The molecule has 92 valence electrons. The van der Waals surface area contributed by atoms with Crippen molar-refractivity contribution in [2.24, 2.45) is 0 Å². The Labute approximate surface area is 102 Å². The van der Waals surface area contributed by atoms with Crippen LogP contribution in [0.25, 0.3) is 0 Å². The van der Waals surface area contributed by atoms with Gasteiger partial charge in [-0.1, -0.05) is 6.92 Å². The zero-order valence-corrected chi connectivity index (χ0v) is 11.4. The van der Waals surface area contributed by atoms with Crippen molar-refractivity contribution < 1.29 is 4.74 Å². The second-order valence-electron chi connectivity index (χ2n) is 4.14. The third-order valence-corrected chi connectivity index (χ3v) is 3.66. The zero-order valence-electron chi connectivity index (χ0n) is 10.6. The molecule has 0 aliphatic carbocycles. The topological polar surface area (TPSA) is 34.1 Å². The molecule has 0 bridgehead atoms. The number of rotatable bonds is 7. The molecule has 0 aliphatic heterocycles. The predicted octanol–water partition coefficient (Wildman–Crippen LogP) is 2.92. The normalized spacial score (nSPS) is 15.0. The Balaban J connectivity index is 2.48. The fourth-order valence-electron chi connectivity index (χ4n) is 1.62. The fraction of sp³-hybridized carbons (Fsp3) is 0.750. The summed E-state index contributed by atoms with van der Waals surface area (Å²) in [6.45, 7) is 7.24. The van der Waals surface area contributed by atoms with Crippen LogP contribution in [0.2, 0.25) is 0 Å². The first-order valence-corrected chi connectivity index (χ1v) is 6.72. The maximum Gasteiger partial charge on any atom is 0.110 e. The summed E-state index contributed by atoms with van der Waals surface area (Å²) in [7, 11) is 1.74. The summed E-state index contributed by atoms with van der Waals surface area (Å²) in [5, 5.41) is 6.91. The number of nitrogens with one attached hydrogen (secondary N) is 1. The highest BCUT2D eigenvalue weighted by atomic mass is 32.1. The second kappa shape index (κ2) is 6.99. The molecule has 1 heterocycles. The molecule has 0 spiro atoms. The predicted molar refractivity (Wildman–Crippen MR) is 69.0 cm³/mol. The fourth-order valence-corrected chi connectivity index (χ4v) is 2.56. The van der Waals surface area contributed by atoms with E-state index in [0.29, 0.717) is 12.1 Å². The van der Waals surface area contributed by atoms with Crippen LogP contribution in [0.3, 0.4) is 0 Å². The highest BCUT2D eigenvalue weighted by Gasteiger charge is 2.15. The Hall–Kier alpha value is -0.450. The minimum Gasteiger partial charge on any atom is -0.385 e. The van der Waals surface area contributed by atoms with Gasteiger partial charge in [-0.15, -0.1) is 11.3 Å². The summed E-state index contributed by atoms with van der Waals surface area (Å²) in [5.41, 5.74) is 1.12. The van der Waals surface area contributed by atoms with Crippen LogP contribution < -0.4 is 5.32 Å². The van der Waals surface area contributed by atoms with E-state index in [1.165, 1.54) is 5.01 Å². The van der Waals surface area contributed by atoms with E-state index >= 15 is 0 Å². The quantitative estimate of drug-likeness (QED) is 0.798. The van der Waals surface area contributed by atoms with E-state index in [-0.39, 0.29) is 0 Å². The Morgan fingerprint density at radius 2 is 2.31 bits per heavy atom. The molecule has 1 aromatic heterocycles. The molecule has 0 saturated heterocycles. The van der Waals surface area contributed by atoms with Crippen molar-refractivity contribution in [2.45, 2.75) is 45.7 Å². The lowest BCUT2D eigenvalue weighted by atomic mass is 10.1. The first kappa shape index (κ1) is 13.6. The number of ether oxygens (including phenoxy) is 1. The van der Waals surface area contributed by atoms with Gasteiger partial charge in [-0.25, -0.2) is 4.98 Å². The summed E-state index contributed by atoms with van der Waals surface area (Å²) in [4.78, 5) is 4.54. The first-order chi connectivity index (χ1) is 7.67. The maximum absolute atomic E-state index is 5.08. The van der Waals surface area contributed by atoms with Crippen molar-refractivity contribution in [3.05, 3.63) is 16.1 Å². The molecule has 0 aromatic carbocycles. The van der Waals surface area contributed by atoms with Crippen molar-refractivity contribution >= 4 is 11.3 Å². The molecule has 2 unspecified atom stereocenters. The third kappa shape index (κ3) is 4.20. The number of methoxy groups -OCH3 is 1. The second-order valence-corrected chi connectivity index (χ2v) is 5.03. The van der Waals surface area contributed by atoms with E-state index in [2.05, 4.69) is 29.5 Å². The van der Waals surface area contributed by atoms with Crippen molar-refractivity contribution in [3.8, 4) is 0 Å². The van der Waals surface area contributed by atoms with Gasteiger partial charge in [0.05, 0.1) is 6.04 Å². The Morgan fingerprint density at radius 1 is 1.56 bits per heavy atom. The van der Waals surface area contributed by atoms with Gasteiger partial charge in [0.15, 0.2) is 0 Å². The van der Waals surface area contributed by atoms with E-state index in [0.717, 1.165) is 25.1 Å². The van der Waals surface area contributed by atoms with Crippen LogP contribution in [0, 0.1) is 6.92 Å². The molecule has 2 atom stereocenters. The molecule has 4 heteroatoms. The van der Waals surface area contributed by atoms with Crippen molar-refractivity contribution in [2.75, 3.05) is 13.7 Å². The Kier molecular flexibility index (Phi) is 5.95. The number of aryl methyl sites for hydroxylation is 1. The van der Waals surface area contributed by atoms with Gasteiger partial charge < -0.3 is 10.1 Å². The van der Waals surface area contributed by atoms with Gasteiger partial charge in [0, 0.05) is 30.8 Å². The van der Waals surface area contributed by atoms with Gasteiger partial charge in [-0.2, -0.15) is 0 Å². The summed E-state index contributed by atoms with van der Waals surface area (Å²) < 4.78 is 5.08. The molecule has 0 saturated carbocycles. The van der Waals surface area contributed by atoms with Crippen LogP contribution in [-0.2, 0) is 4.74 Å². The molecular formula is C12H22N2OS. The van der Waals surface area contributed by atoms with Gasteiger partial charge in [0.2, 0.25) is 0 Å². The first-order valence-electron chi connectivity index (χ1n) is 5.84. The van der Waals surface area contributed by atoms with Crippen LogP contribution in [0.5, 0.6) is 0 Å². The zero-order chi connectivity index (χ0) is 12.0. The van der Waals surface area contributed by atoms with Crippen LogP contribution in [-0.4, -0.2) is 24.7 Å². The number of thiazole rings is 1. The summed E-state index contributed by atoms with van der Waals surface area (Å²) >= 11 is 1.74. The molecule has 0 aliphatic rings. The molecule has 3 nitrogen and oxygen atoms in total. The number of aromatic nitrogens is 1. The van der Waals surface area contributed by atoms with Crippen molar-refractivity contribution in [1.82, 2.24) is 10.3 Å². The van der Waals surface area contributed by atoms with E-state index in [1.54, 1.807) is 18.4 Å². The SMILES string of the molecule is CCC(NC(C)CCOC)c1nc(C)cs1. The summed E-state index contributed by atoms with van der Waals surface area (Å²) in [6.07, 6.45) is 2.11. The largest absolute Gasteiger partial charge is 0.385 e. The highest BCUT2D eigenvalue weighted by molar-refractivity contribution is 7.09. The standard InChI is InChI=1S/C12H22N2OS/c1-5-11(12-14-10(3)8-16-12)13-9(2)6-7-15-4/h8-9,11,13H,5-7H2,1-4H3. The average molecular weight is 242 g/mol. The number of nitrogens with zero attached hydrogens (tertiary/aromatic N) is 1. The minimum atomic E-state index is 0.380. The van der Waals surface area contributed by atoms with E-state index in [9.17, 15) is 0 Å². The molecule has 16 heavy (non-hydrogen) atoms. The summed E-state index contributed by atoms with van der Waals surface area (Å²) in [6, 6.07) is 0.847. The molecular weight excluding hydrogens is 220 g/mol. The maximum atomic E-state index is 5.08. The van der Waals surface area contributed by atoms with Gasteiger partial charge in [-0.3, -0.25) is 0 Å².